The lowest BCUT2D eigenvalue weighted by Crippen LogP contribution is -2.49. The molecule has 3 heterocycles. The summed E-state index contributed by atoms with van der Waals surface area (Å²) in [6.45, 7) is 0.754. The minimum Gasteiger partial charge on any atom is -0.478 e. The van der Waals surface area contributed by atoms with E-state index in [9.17, 15) is 14.4 Å². The topological polar surface area (TPSA) is 105 Å². The molecule has 1 N–H and O–H groups in total. The van der Waals surface area contributed by atoms with E-state index in [1.807, 2.05) is 66.7 Å². The number of fused-ring (bicyclic) bond motifs is 2. The Kier molecular flexibility index (Phi) is 9.70. The Bertz CT molecular complexity index is 1870. The van der Waals surface area contributed by atoms with E-state index in [1.165, 1.54) is 12.0 Å². The number of carbonyl (C=O) groups excluding carboxylic acids is 3. The van der Waals surface area contributed by atoms with Crippen LogP contribution in [-0.4, -0.2) is 77.4 Å². The molecular weight excluding hydrogens is 606 g/mol. The van der Waals surface area contributed by atoms with Crippen LogP contribution in [-0.2, 0) is 27.3 Å². The molecule has 0 spiro atoms. The van der Waals surface area contributed by atoms with E-state index >= 15 is 0 Å². The molecule has 0 unspecified atom stereocenters. The highest BCUT2D eigenvalue weighted by Gasteiger charge is 2.34. The number of ether oxygens (including phenoxy) is 2. The predicted molar refractivity (Wildman–Crippen MR) is 183 cm³/mol. The molecule has 0 bridgehead atoms. The fourth-order valence-electron chi connectivity index (χ4n) is 6.05. The largest absolute Gasteiger partial charge is 0.478 e. The van der Waals surface area contributed by atoms with Crippen LogP contribution in [0.3, 0.4) is 0 Å². The molecule has 5 aromatic rings. The van der Waals surface area contributed by atoms with E-state index in [4.69, 9.17) is 9.47 Å². The molecule has 10 nitrogen and oxygen atoms in total. The molecule has 0 aliphatic carbocycles. The SMILES string of the molecule is COC(=O)c1ncc2cc(CNc3cccc4c3O[C@@H](C(=O)N(CC(=O)N(C)C)CC(c3ccccc3)c3ccccc3)CC4)ccn12. The number of imidazole rings is 1. The second-order valence-electron chi connectivity index (χ2n) is 12.1. The normalized spacial score (nSPS) is 13.8. The monoisotopic (exact) mass is 645 g/mol. The van der Waals surface area contributed by atoms with Crippen LogP contribution < -0.4 is 10.1 Å². The number of amides is 2. The Labute approximate surface area is 279 Å². The first kappa shape index (κ1) is 32.3. The Balaban J connectivity index is 1.22. The zero-order valence-corrected chi connectivity index (χ0v) is 27.3. The number of aromatic nitrogens is 2. The Morgan fingerprint density at radius 1 is 0.979 bits per heavy atom. The number of nitrogens with zero attached hydrogens (tertiary/aromatic N) is 4. The van der Waals surface area contributed by atoms with Crippen molar-refractivity contribution < 1.29 is 23.9 Å². The highest BCUT2D eigenvalue weighted by molar-refractivity contribution is 5.88. The summed E-state index contributed by atoms with van der Waals surface area (Å²) in [5.74, 6) is -0.143. The van der Waals surface area contributed by atoms with Crippen LogP contribution in [0.5, 0.6) is 5.75 Å². The molecule has 0 fully saturated rings. The molecule has 3 aromatic carbocycles. The van der Waals surface area contributed by atoms with Gasteiger partial charge in [-0.2, -0.15) is 0 Å². The van der Waals surface area contributed by atoms with Gasteiger partial charge in [0.25, 0.3) is 5.91 Å². The number of benzene rings is 3. The number of aryl methyl sites for hydroxylation is 1. The molecule has 246 valence electrons. The average Bonchev–Trinajstić information content (AvgIpc) is 3.55. The van der Waals surface area contributed by atoms with Crippen molar-refractivity contribution >= 4 is 29.0 Å². The van der Waals surface area contributed by atoms with E-state index in [2.05, 4.69) is 34.6 Å². The summed E-state index contributed by atoms with van der Waals surface area (Å²) < 4.78 is 13.0. The van der Waals surface area contributed by atoms with Crippen molar-refractivity contribution in [1.82, 2.24) is 19.2 Å². The Morgan fingerprint density at radius 2 is 1.69 bits per heavy atom. The lowest BCUT2D eigenvalue weighted by Gasteiger charge is -2.34. The van der Waals surface area contributed by atoms with Crippen LogP contribution in [0, 0.1) is 0 Å². The van der Waals surface area contributed by atoms with Crippen LogP contribution in [0.25, 0.3) is 5.52 Å². The minimum atomic E-state index is -0.748. The Hall–Kier alpha value is -5.64. The van der Waals surface area contributed by atoms with E-state index in [-0.39, 0.29) is 30.1 Å². The molecule has 0 saturated carbocycles. The third-order valence-electron chi connectivity index (χ3n) is 8.70. The molecule has 6 rings (SSSR count). The smallest absolute Gasteiger partial charge is 0.374 e. The summed E-state index contributed by atoms with van der Waals surface area (Å²) in [7, 11) is 4.73. The first-order valence-electron chi connectivity index (χ1n) is 16.0. The number of para-hydroxylation sites is 1. The maximum atomic E-state index is 14.3. The maximum absolute atomic E-state index is 14.3. The average molecular weight is 646 g/mol. The number of likely N-dealkylation sites (N-methyl/N-ethyl adjacent to an activating group) is 1. The highest BCUT2D eigenvalue weighted by atomic mass is 16.5. The van der Waals surface area contributed by atoms with Gasteiger partial charge in [-0.15, -0.1) is 0 Å². The summed E-state index contributed by atoms with van der Waals surface area (Å²) in [6.07, 6.45) is 3.84. The van der Waals surface area contributed by atoms with Crippen LogP contribution in [0.1, 0.15) is 45.2 Å². The number of hydrogen-bond donors (Lipinski definition) is 1. The second-order valence-corrected chi connectivity index (χ2v) is 12.1. The summed E-state index contributed by atoms with van der Waals surface area (Å²) in [5.41, 5.74) is 5.66. The van der Waals surface area contributed by atoms with Crippen molar-refractivity contribution in [2.45, 2.75) is 31.4 Å². The van der Waals surface area contributed by atoms with Gasteiger partial charge in [0.1, 0.15) is 5.75 Å². The van der Waals surface area contributed by atoms with Crippen LogP contribution in [0.4, 0.5) is 5.69 Å². The lowest BCUT2D eigenvalue weighted by molar-refractivity contribution is -0.144. The lowest BCUT2D eigenvalue weighted by atomic mass is 9.90. The van der Waals surface area contributed by atoms with Crippen LogP contribution >= 0.6 is 0 Å². The zero-order chi connectivity index (χ0) is 33.6. The highest BCUT2D eigenvalue weighted by Crippen LogP contribution is 2.36. The molecule has 0 saturated heterocycles. The second kappa shape index (κ2) is 14.4. The van der Waals surface area contributed by atoms with Gasteiger partial charge in [0, 0.05) is 39.3 Å². The molecule has 2 aromatic heterocycles. The van der Waals surface area contributed by atoms with E-state index in [1.54, 1.807) is 35.8 Å². The van der Waals surface area contributed by atoms with Crippen LogP contribution in [0.15, 0.2) is 103 Å². The van der Waals surface area contributed by atoms with E-state index in [0.29, 0.717) is 31.7 Å². The number of carbonyl (C=O) groups is 3. The van der Waals surface area contributed by atoms with Gasteiger partial charge in [-0.3, -0.25) is 14.0 Å². The van der Waals surface area contributed by atoms with Crippen molar-refractivity contribution in [2.75, 3.05) is 39.6 Å². The molecule has 10 heteroatoms. The zero-order valence-electron chi connectivity index (χ0n) is 27.3. The van der Waals surface area contributed by atoms with Crippen molar-refractivity contribution in [3.63, 3.8) is 0 Å². The van der Waals surface area contributed by atoms with Gasteiger partial charge in [-0.05, 0) is 53.3 Å². The van der Waals surface area contributed by atoms with Crippen molar-refractivity contribution in [3.8, 4) is 5.75 Å². The van der Waals surface area contributed by atoms with Gasteiger partial charge in [0.15, 0.2) is 6.10 Å². The molecule has 1 aliphatic heterocycles. The van der Waals surface area contributed by atoms with Gasteiger partial charge < -0.3 is 24.6 Å². The molecular formula is C38H39N5O5. The quantitative estimate of drug-likeness (QED) is 0.198. The Morgan fingerprint density at radius 3 is 2.35 bits per heavy atom. The fourth-order valence-corrected chi connectivity index (χ4v) is 6.05. The number of rotatable bonds is 11. The van der Waals surface area contributed by atoms with Gasteiger partial charge in [-0.1, -0.05) is 72.8 Å². The summed E-state index contributed by atoms with van der Waals surface area (Å²) in [4.78, 5) is 46.8. The van der Waals surface area contributed by atoms with Crippen molar-refractivity contribution in [3.05, 3.63) is 131 Å². The first-order valence-corrected chi connectivity index (χ1v) is 16.0. The standard InChI is InChI=1S/C38H39N5O5/c1-41(2)34(44)25-42(24-31(27-11-6-4-7-12-27)28-13-8-5-9-14-28)37(45)33-18-17-29-15-10-16-32(35(29)48-33)39-22-26-19-20-43-30(21-26)23-40-36(43)38(46)47-3/h4-16,19-21,23,31,33,39H,17-18,22,24-25H2,1-3H3/t33-/m1/s1. The summed E-state index contributed by atoms with van der Waals surface area (Å²) in [6, 6.07) is 29.9. The summed E-state index contributed by atoms with van der Waals surface area (Å²) >= 11 is 0. The molecule has 2 amide bonds. The van der Waals surface area contributed by atoms with Gasteiger partial charge in [-0.25, -0.2) is 9.78 Å². The number of methoxy groups -OCH3 is 1. The fraction of sp³-hybridized carbons (Fsp3) is 0.263. The minimum absolute atomic E-state index is 0.0522. The third kappa shape index (κ3) is 7.02. The number of esters is 1. The van der Waals surface area contributed by atoms with Crippen molar-refractivity contribution in [1.29, 1.82) is 0 Å². The molecule has 1 aliphatic rings. The van der Waals surface area contributed by atoms with E-state index < -0.39 is 12.1 Å². The van der Waals surface area contributed by atoms with Crippen LogP contribution in [0.2, 0.25) is 0 Å². The first-order chi connectivity index (χ1) is 23.3. The van der Waals surface area contributed by atoms with E-state index in [0.717, 1.165) is 33.5 Å². The van der Waals surface area contributed by atoms with Crippen molar-refractivity contribution in [2.24, 2.45) is 0 Å². The van der Waals surface area contributed by atoms with Gasteiger partial charge in [0.2, 0.25) is 11.7 Å². The summed E-state index contributed by atoms with van der Waals surface area (Å²) in [5, 5.41) is 3.47. The third-order valence-corrected chi connectivity index (χ3v) is 8.70. The predicted octanol–water partition coefficient (Wildman–Crippen LogP) is 5.18. The van der Waals surface area contributed by atoms with Gasteiger partial charge >= 0.3 is 5.97 Å². The maximum Gasteiger partial charge on any atom is 0.374 e. The molecule has 0 radical (unpaired) electrons. The molecule has 48 heavy (non-hydrogen) atoms. The number of hydrogen-bond acceptors (Lipinski definition) is 7. The number of anilines is 1. The number of nitrogens with one attached hydrogen (secondary N) is 1. The molecule has 1 atom stereocenters. The van der Waals surface area contributed by atoms with Gasteiger partial charge in [0.05, 0.1) is 31.1 Å². The number of pyridine rings is 1.